The first-order valence-corrected chi connectivity index (χ1v) is 15.7. The zero-order valence-electron chi connectivity index (χ0n) is 23.2. The molecule has 2 aromatic carbocycles. The number of nitrogens with one attached hydrogen (secondary N) is 2. The maximum absolute atomic E-state index is 13.2. The first kappa shape index (κ1) is 29.9. The van der Waals surface area contributed by atoms with Gasteiger partial charge in [0, 0.05) is 44.8 Å². The van der Waals surface area contributed by atoms with Gasteiger partial charge in [-0.05, 0) is 49.2 Å². The number of carbonyl (C=O) groups excluding carboxylic acids is 2. The maximum Gasteiger partial charge on any atom is 0.257 e. The van der Waals surface area contributed by atoms with Crippen LogP contribution in [-0.2, 0) is 14.8 Å². The number of piperazine rings is 1. The highest BCUT2D eigenvalue weighted by Crippen LogP contribution is 2.41. The van der Waals surface area contributed by atoms with Crippen LogP contribution in [-0.4, -0.2) is 78.8 Å². The Bertz CT molecular complexity index is 1560. The molecule has 2 aliphatic heterocycles. The van der Waals surface area contributed by atoms with Crippen molar-refractivity contribution in [3.05, 3.63) is 60.3 Å². The number of carbonyl (C=O) groups is 2. The maximum atomic E-state index is 13.2. The number of fused-ring (bicyclic) bond motifs is 2. The van der Waals surface area contributed by atoms with E-state index in [-0.39, 0.29) is 35.8 Å². The molecule has 0 spiro atoms. The molecule has 6 rings (SSSR count). The predicted molar refractivity (Wildman–Crippen MR) is 166 cm³/mol. The molecule has 1 saturated carbocycles. The highest BCUT2D eigenvalue weighted by Gasteiger charge is 2.33. The van der Waals surface area contributed by atoms with E-state index in [2.05, 4.69) is 40.1 Å². The monoisotopic (exact) mass is 605 g/mol. The molecule has 1 aromatic heterocycles. The van der Waals surface area contributed by atoms with Gasteiger partial charge in [0.15, 0.2) is 12.9 Å². The largest absolute Gasteiger partial charge is 0.340 e. The van der Waals surface area contributed by atoms with Crippen molar-refractivity contribution in [1.82, 2.24) is 19.2 Å². The number of sulfonamides is 1. The zero-order valence-corrected chi connectivity index (χ0v) is 24.9. The molecule has 0 bridgehead atoms. The van der Waals surface area contributed by atoms with Crippen molar-refractivity contribution in [2.45, 2.75) is 43.5 Å². The van der Waals surface area contributed by atoms with Gasteiger partial charge in [-0.15, -0.1) is 0 Å². The van der Waals surface area contributed by atoms with Crippen LogP contribution in [0.5, 0.6) is 0 Å². The lowest BCUT2D eigenvalue weighted by atomic mass is 10.1. The number of para-hydroxylation sites is 1. The van der Waals surface area contributed by atoms with Crippen molar-refractivity contribution in [2.75, 3.05) is 41.7 Å². The molecular weight excluding hydrogens is 573 g/mol. The van der Waals surface area contributed by atoms with Gasteiger partial charge in [0.1, 0.15) is 5.69 Å². The molecule has 2 N–H and O–H groups in total. The predicted octanol–water partition coefficient (Wildman–Crippen LogP) is 3.72. The highest BCUT2D eigenvalue weighted by molar-refractivity contribution is 8.03. The van der Waals surface area contributed by atoms with E-state index in [9.17, 15) is 18.0 Å². The lowest BCUT2D eigenvalue weighted by Gasteiger charge is -2.33. The van der Waals surface area contributed by atoms with Crippen molar-refractivity contribution in [1.29, 1.82) is 0 Å². The number of aromatic nitrogens is 2. The SMILES string of the molecule is CC(=O)N1CCN(S(=O)(=O)c2ccc(Nc3ncc4c(n3)N(C3CCCC3)c3ccccc3C(=O)N4)cc2)CC1.[B]S. The number of thiol groups is 1. The van der Waals surface area contributed by atoms with Crippen LogP contribution in [0.25, 0.3) is 0 Å². The molecule has 42 heavy (non-hydrogen) atoms. The minimum absolute atomic E-state index is 0.0505. The number of anilines is 5. The van der Waals surface area contributed by atoms with E-state index in [1.54, 1.807) is 35.4 Å². The van der Waals surface area contributed by atoms with E-state index in [0.717, 1.165) is 31.4 Å². The van der Waals surface area contributed by atoms with E-state index < -0.39 is 10.0 Å². The standard InChI is InChI=1S/C28H31N7O4S.BHS/c1-19(36)33-14-16-34(17-15-33)40(38,39)22-12-10-20(11-13-22)30-28-29-18-24-26(32-28)35(21-6-2-3-7-21)25-9-5-4-8-23(25)27(37)31-24;1-2/h4-5,8-13,18,21H,2-3,6-7,14-17H2,1H3,(H,31,37)(H,29,30,32);2H. The smallest absolute Gasteiger partial charge is 0.257 e. The fourth-order valence-electron chi connectivity index (χ4n) is 5.65. The van der Waals surface area contributed by atoms with Crippen molar-refractivity contribution in [2.24, 2.45) is 0 Å². The number of nitrogens with zero attached hydrogens (tertiary/aromatic N) is 5. The molecular formula is C28H32BN7O4S2. The average molecular weight is 606 g/mol. The van der Waals surface area contributed by atoms with Crippen molar-refractivity contribution < 1.29 is 18.0 Å². The van der Waals surface area contributed by atoms with Gasteiger partial charge in [0.25, 0.3) is 5.91 Å². The van der Waals surface area contributed by atoms with Crippen LogP contribution in [0.2, 0.25) is 0 Å². The Morgan fingerprint density at radius 1 is 1.02 bits per heavy atom. The van der Waals surface area contributed by atoms with Crippen LogP contribution in [0, 0.1) is 0 Å². The van der Waals surface area contributed by atoms with Crippen molar-refractivity contribution >= 4 is 70.3 Å². The lowest BCUT2D eigenvalue weighted by molar-refractivity contribution is -0.129. The van der Waals surface area contributed by atoms with Gasteiger partial charge in [0.05, 0.1) is 22.3 Å². The Labute approximate surface area is 252 Å². The van der Waals surface area contributed by atoms with Gasteiger partial charge in [0.2, 0.25) is 21.9 Å². The van der Waals surface area contributed by atoms with Crippen LogP contribution < -0.4 is 15.5 Å². The van der Waals surface area contributed by atoms with E-state index >= 15 is 0 Å². The third kappa shape index (κ3) is 5.97. The molecule has 0 atom stereocenters. The molecule has 2 radical (unpaired) electrons. The molecule has 0 unspecified atom stereocenters. The molecule has 3 heterocycles. The number of hydrogen-bond donors (Lipinski definition) is 3. The summed E-state index contributed by atoms with van der Waals surface area (Å²) in [5.41, 5.74) is 2.60. The highest BCUT2D eigenvalue weighted by atomic mass is 32.2. The summed E-state index contributed by atoms with van der Waals surface area (Å²) in [6.07, 6.45) is 5.87. The topological polar surface area (TPSA) is 128 Å². The number of amides is 2. The fourth-order valence-corrected chi connectivity index (χ4v) is 7.07. The molecule has 2 fully saturated rings. The van der Waals surface area contributed by atoms with E-state index in [0.29, 0.717) is 41.8 Å². The Morgan fingerprint density at radius 3 is 2.36 bits per heavy atom. The number of hydrogen-bond acceptors (Lipinski definition) is 9. The molecule has 218 valence electrons. The summed E-state index contributed by atoms with van der Waals surface area (Å²) in [7, 11) is 0.517. The zero-order chi connectivity index (χ0) is 29.9. The Kier molecular flexibility index (Phi) is 9.04. The average Bonchev–Trinajstić information content (AvgIpc) is 3.51. The van der Waals surface area contributed by atoms with Crippen molar-refractivity contribution in [3.63, 3.8) is 0 Å². The molecule has 1 saturated heterocycles. The molecule has 2 amide bonds. The van der Waals surface area contributed by atoms with Gasteiger partial charge in [-0.2, -0.15) is 9.29 Å². The first-order valence-electron chi connectivity index (χ1n) is 13.8. The van der Waals surface area contributed by atoms with E-state index in [1.165, 1.54) is 11.2 Å². The van der Waals surface area contributed by atoms with Gasteiger partial charge in [-0.1, -0.05) is 25.0 Å². The third-order valence-corrected chi connectivity index (χ3v) is 9.69. The summed E-state index contributed by atoms with van der Waals surface area (Å²) in [5.74, 6) is 0.726. The summed E-state index contributed by atoms with van der Waals surface area (Å²) in [6, 6.07) is 14.3. The molecule has 3 aliphatic rings. The molecule has 1 aliphatic carbocycles. The second-order valence-corrected chi connectivity index (χ2v) is 12.2. The molecule has 3 aromatic rings. The van der Waals surface area contributed by atoms with Gasteiger partial charge in [-0.3, -0.25) is 9.59 Å². The van der Waals surface area contributed by atoms with E-state index in [4.69, 9.17) is 4.98 Å². The van der Waals surface area contributed by atoms with Crippen LogP contribution in [0.15, 0.2) is 59.6 Å². The van der Waals surface area contributed by atoms with Crippen molar-refractivity contribution in [3.8, 4) is 0 Å². The minimum atomic E-state index is -3.68. The second-order valence-electron chi connectivity index (χ2n) is 10.3. The Balaban J connectivity index is 0.00000173. The van der Waals surface area contributed by atoms with Gasteiger partial charge < -0.3 is 20.4 Å². The quantitative estimate of drug-likeness (QED) is 0.297. The summed E-state index contributed by atoms with van der Waals surface area (Å²) in [4.78, 5) is 37.8. The lowest BCUT2D eigenvalue weighted by Crippen LogP contribution is -2.49. The number of rotatable bonds is 5. The van der Waals surface area contributed by atoms with Crippen LogP contribution >= 0.6 is 12.5 Å². The summed E-state index contributed by atoms with van der Waals surface area (Å²) < 4.78 is 27.7. The summed E-state index contributed by atoms with van der Waals surface area (Å²) in [5, 5.41) is 6.14. The van der Waals surface area contributed by atoms with Crippen LogP contribution in [0.1, 0.15) is 43.0 Å². The van der Waals surface area contributed by atoms with Gasteiger partial charge >= 0.3 is 0 Å². The Morgan fingerprint density at radius 2 is 1.69 bits per heavy atom. The molecule has 11 nitrogen and oxygen atoms in total. The third-order valence-electron chi connectivity index (χ3n) is 7.78. The first-order chi connectivity index (χ1) is 20.3. The second kappa shape index (κ2) is 12.7. The molecule has 14 heteroatoms. The number of benzene rings is 2. The minimum Gasteiger partial charge on any atom is -0.340 e. The Hall–Kier alpha value is -3.62. The van der Waals surface area contributed by atoms with Crippen LogP contribution in [0.4, 0.5) is 28.8 Å². The normalized spacial score (nSPS) is 17.3. The van der Waals surface area contributed by atoms with E-state index in [1.807, 2.05) is 24.3 Å². The summed E-state index contributed by atoms with van der Waals surface area (Å²) in [6.45, 7) is 2.79. The van der Waals surface area contributed by atoms with Crippen LogP contribution in [0.3, 0.4) is 0 Å². The van der Waals surface area contributed by atoms with Gasteiger partial charge in [-0.25, -0.2) is 25.9 Å². The fraction of sp³-hybridized carbons (Fsp3) is 0.357. The summed E-state index contributed by atoms with van der Waals surface area (Å²) >= 11 is 3.03.